The number of carbonyl (C=O) groups is 2. The molecule has 0 aromatic carbocycles. The second-order valence-corrected chi connectivity index (χ2v) is 5.56. The number of aryl methyl sites for hydroxylation is 3. The van der Waals surface area contributed by atoms with Gasteiger partial charge in [-0.05, 0) is 38.8 Å². The molecule has 2 aromatic heterocycles. The molecule has 1 amide bonds. The molecule has 0 atom stereocenters. The molecule has 0 aliphatic heterocycles. The molecule has 124 valence electrons. The molecule has 0 bridgehead atoms. The van der Waals surface area contributed by atoms with E-state index in [1.54, 1.807) is 17.9 Å². The van der Waals surface area contributed by atoms with E-state index in [0.717, 1.165) is 17.2 Å². The first-order valence-electron chi connectivity index (χ1n) is 7.59. The summed E-state index contributed by atoms with van der Waals surface area (Å²) in [6.45, 7) is 4.41. The van der Waals surface area contributed by atoms with Crippen LogP contribution < -0.4 is 5.32 Å². The molecule has 7 nitrogen and oxygen atoms in total. The van der Waals surface area contributed by atoms with Gasteiger partial charge in [-0.15, -0.1) is 0 Å². The van der Waals surface area contributed by atoms with Gasteiger partial charge in [-0.25, -0.2) is 0 Å². The van der Waals surface area contributed by atoms with Crippen LogP contribution in [0.1, 0.15) is 41.0 Å². The van der Waals surface area contributed by atoms with Crippen LogP contribution in [-0.4, -0.2) is 37.9 Å². The summed E-state index contributed by atoms with van der Waals surface area (Å²) in [6.07, 6.45) is 2.86. The number of carbonyl (C=O) groups excluding carboxylic acids is 1. The minimum Gasteiger partial charge on any atom is -0.481 e. The van der Waals surface area contributed by atoms with Gasteiger partial charge < -0.3 is 15.0 Å². The van der Waals surface area contributed by atoms with Crippen molar-refractivity contribution in [1.82, 2.24) is 19.7 Å². The maximum atomic E-state index is 12.4. The molecule has 2 N–H and O–H groups in total. The van der Waals surface area contributed by atoms with Crippen molar-refractivity contribution >= 4 is 11.9 Å². The fraction of sp³-hybridized carbons (Fsp3) is 0.438. The summed E-state index contributed by atoms with van der Waals surface area (Å²) in [7, 11) is 1.80. The van der Waals surface area contributed by atoms with E-state index in [9.17, 15) is 9.59 Å². The highest BCUT2D eigenvalue weighted by atomic mass is 16.4. The van der Waals surface area contributed by atoms with E-state index in [1.807, 2.05) is 30.5 Å². The molecule has 0 saturated carbocycles. The summed E-state index contributed by atoms with van der Waals surface area (Å²) in [6, 6.07) is 3.99. The molecule has 23 heavy (non-hydrogen) atoms. The number of nitrogens with zero attached hydrogens (tertiary/aromatic N) is 3. The second-order valence-electron chi connectivity index (χ2n) is 5.56. The van der Waals surface area contributed by atoms with E-state index in [4.69, 9.17) is 5.11 Å². The lowest BCUT2D eigenvalue weighted by molar-refractivity contribution is -0.137. The van der Waals surface area contributed by atoms with Crippen LogP contribution in [0.25, 0.3) is 5.82 Å². The van der Waals surface area contributed by atoms with Crippen LogP contribution in [0.4, 0.5) is 0 Å². The molecular formula is C16H22N4O3. The van der Waals surface area contributed by atoms with Crippen LogP contribution in [0.5, 0.6) is 0 Å². The lowest BCUT2D eigenvalue weighted by Crippen LogP contribution is -2.26. The topological polar surface area (TPSA) is 89.2 Å². The number of hydrogen-bond donors (Lipinski definition) is 2. The Bertz CT molecular complexity index is 695. The Hall–Kier alpha value is -2.57. The van der Waals surface area contributed by atoms with Crippen molar-refractivity contribution in [2.75, 3.05) is 6.54 Å². The summed E-state index contributed by atoms with van der Waals surface area (Å²) in [5.41, 5.74) is 2.57. The SMILES string of the molecule is Cc1ccc(C)n1-c1c(C(=O)NCCCCC(=O)O)cnn1C. The maximum Gasteiger partial charge on any atom is 0.303 e. The van der Waals surface area contributed by atoms with Crippen molar-refractivity contribution in [2.45, 2.75) is 33.1 Å². The first-order chi connectivity index (χ1) is 10.9. The van der Waals surface area contributed by atoms with Gasteiger partial charge >= 0.3 is 5.97 Å². The van der Waals surface area contributed by atoms with Crippen molar-refractivity contribution < 1.29 is 14.7 Å². The third-order valence-corrected chi connectivity index (χ3v) is 3.74. The van der Waals surface area contributed by atoms with Gasteiger partial charge in [0, 0.05) is 31.4 Å². The Kier molecular flexibility index (Phi) is 5.20. The highest BCUT2D eigenvalue weighted by Gasteiger charge is 2.19. The average Bonchev–Trinajstić information content (AvgIpc) is 3.01. The Morgan fingerprint density at radius 1 is 1.22 bits per heavy atom. The lowest BCUT2D eigenvalue weighted by Gasteiger charge is -2.12. The number of rotatable bonds is 7. The van der Waals surface area contributed by atoms with Crippen LogP contribution in [0.15, 0.2) is 18.3 Å². The van der Waals surface area contributed by atoms with Gasteiger partial charge in [-0.1, -0.05) is 0 Å². The molecule has 2 aromatic rings. The van der Waals surface area contributed by atoms with Crippen LogP contribution in [-0.2, 0) is 11.8 Å². The van der Waals surface area contributed by atoms with Crippen molar-refractivity contribution in [2.24, 2.45) is 7.05 Å². The molecule has 0 spiro atoms. The summed E-state index contributed by atoms with van der Waals surface area (Å²) in [5.74, 6) is -0.284. The number of hydrogen-bond acceptors (Lipinski definition) is 3. The van der Waals surface area contributed by atoms with E-state index < -0.39 is 5.97 Å². The van der Waals surface area contributed by atoms with E-state index in [-0.39, 0.29) is 12.3 Å². The summed E-state index contributed by atoms with van der Waals surface area (Å²) in [5, 5.41) is 15.6. The molecule has 0 saturated heterocycles. The van der Waals surface area contributed by atoms with Crippen LogP contribution in [0.3, 0.4) is 0 Å². The van der Waals surface area contributed by atoms with Crippen molar-refractivity contribution in [3.63, 3.8) is 0 Å². The molecule has 0 radical (unpaired) electrons. The van der Waals surface area contributed by atoms with Gasteiger partial charge in [-0.2, -0.15) is 5.10 Å². The average molecular weight is 318 g/mol. The maximum absolute atomic E-state index is 12.4. The Morgan fingerprint density at radius 3 is 2.48 bits per heavy atom. The number of carboxylic acid groups (broad SMARTS) is 1. The molecule has 0 fully saturated rings. The fourth-order valence-electron chi connectivity index (χ4n) is 2.56. The van der Waals surface area contributed by atoms with Gasteiger partial charge in [0.25, 0.3) is 5.91 Å². The number of carboxylic acids is 1. The molecule has 2 heterocycles. The molecule has 2 rings (SSSR count). The first-order valence-corrected chi connectivity index (χ1v) is 7.59. The Morgan fingerprint density at radius 2 is 1.87 bits per heavy atom. The van der Waals surface area contributed by atoms with Crippen LogP contribution in [0, 0.1) is 13.8 Å². The van der Waals surface area contributed by atoms with Gasteiger partial charge in [0.2, 0.25) is 0 Å². The quantitative estimate of drug-likeness (QED) is 0.762. The third kappa shape index (κ3) is 3.80. The number of aromatic nitrogens is 3. The van der Waals surface area contributed by atoms with Gasteiger partial charge in [0.05, 0.1) is 6.20 Å². The Balaban J connectivity index is 2.09. The van der Waals surface area contributed by atoms with Crippen LogP contribution >= 0.6 is 0 Å². The van der Waals surface area contributed by atoms with Gasteiger partial charge in [0.15, 0.2) is 0 Å². The lowest BCUT2D eigenvalue weighted by atomic mass is 10.2. The normalized spacial score (nSPS) is 10.7. The third-order valence-electron chi connectivity index (χ3n) is 3.74. The van der Waals surface area contributed by atoms with E-state index >= 15 is 0 Å². The molecule has 0 unspecified atom stereocenters. The van der Waals surface area contributed by atoms with Crippen LogP contribution in [0.2, 0.25) is 0 Å². The standard InChI is InChI=1S/C16H22N4O3/c1-11-7-8-12(2)20(11)16-13(10-18-19(16)3)15(23)17-9-5-4-6-14(21)22/h7-8,10H,4-6,9H2,1-3H3,(H,17,23)(H,21,22). The molecule has 0 aliphatic carbocycles. The summed E-state index contributed by atoms with van der Waals surface area (Å²) >= 11 is 0. The van der Waals surface area contributed by atoms with E-state index in [2.05, 4.69) is 10.4 Å². The monoisotopic (exact) mass is 318 g/mol. The zero-order valence-electron chi connectivity index (χ0n) is 13.7. The molecule has 7 heteroatoms. The number of aliphatic carboxylic acids is 1. The number of amides is 1. The largest absolute Gasteiger partial charge is 0.481 e. The number of nitrogens with one attached hydrogen (secondary N) is 1. The molecular weight excluding hydrogens is 296 g/mol. The van der Waals surface area contributed by atoms with E-state index in [1.165, 1.54) is 0 Å². The van der Waals surface area contributed by atoms with Crippen molar-refractivity contribution in [3.8, 4) is 5.82 Å². The molecule has 0 aliphatic rings. The smallest absolute Gasteiger partial charge is 0.303 e. The highest BCUT2D eigenvalue weighted by Crippen LogP contribution is 2.19. The van der Waals surface area contributed by atoms with Gasteiger partial charge in [-0.3, -0.25) is 14.3 Å². The first kappa shape index (κ1) is 16.8. The summed E-state index contributed by atoms with van der Waals surface area (Å²) in [4.78, 5) is 22.9. The predicted octanol–water partition coefficient (Wildman–Crippen LogP) is 1.81. The minimum atomic E-state index is -0.815. The predicted molar refractivity (Wildman–Crippen MR) is 85.8 cm³/mol. The summed E-state index contributed by atoms with van der Waals surface area (Å²) < 4.78 is 3.67. The fourth-order valence-corrected chi connectivity index (χ4v) is 2.56. The van der Waals surface area contributed by atoms with E-state index in [0.29, 0.717) is 24.9 Å². The van der Waals surface area contributed by atoms with Gasteiger partial charge in [0.1, 0.15) is 11.4 Å². The van der Waals surface area contributed by atoms with Crippen molar-refractivity contribution in [1.29, 1.82) is 0 Å². The minimum absolute atomic E-state index is 0.121. The number of unbranched alkanes of at least 4 members (excludes halogenated alkanes) is 1. The zero-order valence-corrected chi connectivity index (χ0v) is 13.7. The second kappa shape index (κ2) is 7.13. The zero-order chi connectivity index (χ0) is 17.0. The Labute approximate surface area is 134 Å². The van der Waals surface area contributed by atoms with Crippen molar-refractivity contribution in [3.05, 3.63) is 35.3 Å². The highest BCUT2D eigenvalue weighted by molar-refractivity contribution is 5.97.